The minimum atomic E-state index is -0.350. The molecule has 84 valence electrons. The summed E-state index contributed by atoms with van der Waals surface area (Å²) in [5.41, 5.74) is 1.55. The van der Waals surface area contributed by atoms with Gasteiger partial charge in [0.2, 0.25) is 5.56 Å². The van der Waals surface area contributed by atoms with Gasteiger partial charge < -0.3 is 4.98 Å². The predicted octanol–water partition coefficient (Wildman–Crippen LogP) is 2.25. The SMILES string of the molecule is N#CCc1[nH]c(=O)ccc1-c1cccc(F)c1. The third-order valence-electron chi connectivity index (χ3n) is 2.39. The molecule has 0 unspecified atom stereocenters. The van der Waals surface area contributed by atoms with E-state index in [0.717, 1.165) is 0 Å². The van der Waals surface area contributed by atoms with Crippen LogP contribution in [-0.4, -0.2) is 4.98 Å². The molecule has 17 heavy (non-hydrogen) atoms. The lowest BCUT2D eigenvalue weighted by molar-refractivity contribution is 0.628. The summed E-state index contributed by atoms with van der Waals surface area (Å²) in [6.07, 6.45) is 0.0852. The highest BCUT2D eigenvalue weighted by atomic mass is 19.1. The van der Waals surface area contributed by atoms with Crippen molar-refractivity contribution in [3.05, 3.63) is 58.3 Å². The molecular formula is C13H9FN2O. The molecule has 0 radical (unpaired) electrons. The van der Waals surface area contributed by atoms with Crippen molar-refractivity contribution in [2.75, 3.05) is 0 Å². The van der Waals surface area contributed by atoms with Gasteiger partial charge in [-0.3, -0.25) is 4.79 Å². The topological polar surface area (TPSA) is 56.6 Å². The molecule has 0 saturated heterocycles. The van der Waals surface area contributed by atoms with Gasteiger partial charge in [0.05, 0.1) is 12.5 Å². The summed E-state index contributed by atoms with van der Waals surface area (Å²) in [6, 6.07) is 11.0. The summed E-state index contributed by atoms with van der Waals surface area (Å²) in [6.45, 7) is 0. The molecule has 0 spiro atoms. The maximum atomic E-state index is 13.1. The van der Waals surface area contributed by atoms with Crippen LogP contribution in [0.25, 0.3) is 11.1 Å². The van der Waals surface area contributed by atoms with E-state index in [-0.39, 0.29) is 17.8 Å². The molecule has 0 aliphatic carbocycles. The second-order valence-electron chi connectivity index (χ2n) is 3.56. The number of nitrogens with zero attached hydrogens (tertiary/aromatic N) is 1. The molecule has 3 nitrogen and oxygen atoms in total. The van der Waals surface area contributed by atoms with Crippen LogP contribution in [0, 0.1) is 17.1 Å². The van der Waals surface area contributed by atoms with Crippen LogP contribution in [0.2, 0.25) is 0 Å². The Labute approximate surface area is 97.2 Å². The van der Waals surface area contributed by atoms with Crippen LogP contribution in [0.5, 0.6) is 0 Å². The summed E-state index contributed by atoms with van der Waals surface area (Å²) in [4.78, 5) is 13.8. The Hall–Kier alpha value is -2.41. The van der Waals surface area contributed by atoms with Gasteiger partial charge in [0, 0.05) is 17.3 Å². The van der Waals surface area contributed by atoms with E-state index in [1.54, 1.807) is 18.2 Å². The number of hydrogen-bond donors (Lipinski definition) is 1. The Balaban J connectivity index is 2.59. The molecule has 0 atom stereocenters. The standard InChI is InChI=1S/C13H9FN2O/c14-10-3-1-2-9(8-10)11-4-5-13(17)16-12(11)6-7-15/h1-5,8H,6H2,(H,16,17). The van der Waals surface area contributed by atoms with E-state index < -0.39 is 0 Å². The molecule has 0 amide bonds. The highest BCUT2D eigenvalue weighted by Gasteiger charge is 2.06. The van der Waals surface area contributed by atoms with Crippen molar-refractivity contribution in [3.63, 3.8) is 0 Å². The van der Waals surface area contributed by atoms with E-state index in [2.05, 4.69) is 4.98 Å². The lowest BCUT2D eigenvalue weighted by Gasteiger charge is -2.06. The largest absolute Gasteiger partial charge is 0.325 e. The van der Waals surface area contributed by atoms with Crippen LogP contribution in [-0.2, 0) is 6.42 Å². The zero-order valence-corrected chi connectivity index (χ0v) is 8.90. The number of pyridine rings is 1. The number of nitriles is 1. The average molecular weight is 228 g/mol. The van der Waals surface area contributed by atoms with Crippen molar-refractivity contribution in [1.29, 1.82) is 5.26 Å². The van der Waals surface area contributed by atoms with Crippen molar-refractivity contribution in [2.45, 2.75) is 6.42 Å². The normalized spacial score (nSPS) is 9.88. The van der Waals surface area contributed by atoms with E-state index >= 15 is 0 Å². The number of benzene rings is 1. The van der Waals surface area contributed by atoms with Crippen LogP contribution in [0.15, 0.2) is 41.2 Å². The summed E-state index contributed by atoms with van der Waals surface area (Å²) in [7, 11) is 0. The third-order valence-corrected chi connectivity index (χ3v) is 2.39. The van der Waals surface area contributed by atoms with Gasteiger partial charge in [-0.2, -0.15) is 5.26 Å². The first-order chi connectivity index (χ1) is 8.20. The number of hydrogen-bond acceptors (Lipinski definition) is 2. The Kier molecular flexibility index (Phi) is 3.01. The molecule has 1 heterocycles. The van der Waals surface area contributed by atoms with Crippen LogP contribution >= 0.6 is 0 Å². The molecular weight excluding hydrogens is 219 g/mol. The van der Waals surface area contributed by atoms with Crippen LogP contribution < -0.4 is 5.56 Å². The molecule has 0 fully saturated rings. The predicted molar refractivity (Wildman–Crippen MR) is 61.8 cm³/mol. The maximum Gasteiger partial charge on any atom is 0.248 e. The van der Waals surface area contributed by atoms with Gasteiger partial charge in [0.1, 0.15) is 5.82 Å². The van der Waals surface area contributed by atoms with E-state index in [1.165, 1.54) is 18.2 Å². The van der Waals surface area contributed by atoms with Gasteiger partial charge in [-0.15, -0.1) is 0 Å². The lowest BCUT2D eigenvalue weighted by Crippen LogP contribution is -2.08. The Morgan fingerprint density at radius 3 is 2.82 bits per heavy atom. The zero-order valence-electron chi connectivity index (χ0n) is 8.90. The van der Waals surface area contributed by atoms with Crippen molar-refractivity contribution in [2.24, 2.45) is 0 Å². The second kappa shape index (κ2) is 4.62. The summed E-state index contributed by atoms with van der Waals surface area (Å²) >= 11 is 0. The van der Waals surface area contributed by atoms with E-state index in [0.29, 0.717) is 16.8 Å². The quantitative estimate of drug-likeness (QED) is 0.857. The molecule has 0 saturated carbocycles. The minimum absolute atomic E-state index is 0.0852. The molecule has 0 bridgehead atoms. The monoisotopic (exact) mass is 228 g/mol. The number of aromatic nitrogens is 1. The highest BCUT2D eigenvalue weighted by molar-refractivity contribution is 5.66. The summed E-state index contributed by atoms with van der Waals surface area (Å²) in [5.74, 6) is -0.350. The molecule has 0 aliphatic heterocycles. The van der Waals surface area contributed by atoms with Crippen molar-refractivity contribution >= 4 is 0 Å². The fraction of sp³-hybridized carbons (Fsp3) is 0.0769. The highest BCUT2D eigenvalue weighted by Crippen LogP contribution is 2.22. The van der Waals surface area contributed by atoms with Gasteiger partial charge in [0.15, 0.2) is 0 Å². The van der Waals surface area contributed by atoms with Gasteiger partial charge in [-0.25, -0.2) is 4.39 Å². The Morgan fingerprint density at radius 2 is 2.12 bits per heavy atom. The number of aromatic amines is 1. The van der Waals surface area contributed by atoms with Gasteiger partial charge >= 0.3 is 0 Å². The molecule has 0 aliphatic rings. The summed E-state index contributed by atoms with van der Waals surface area (Å²) in [5, 5.41) is 8.69. The Morgan fingerprint density at radius 1 is 1.29 bits per heavy atom. The molecule has 2 rings (SSSR count). The minimum Gasteiger partial charge on any atom is -0.325 e. The van der Waals surface area contributed by atoms with Crippen LogP contribution in [0.4, 0.5) is 4.39 Å². The molecule has 1 aromatic heterocycles. The lowest BCUT2D eigenvalue weighted by atomic mass is 10.0. The van der Waals surface area contributed by atoms with Crippen molar-refractivity contribution < 1.29 is 4.39 Å². The number of rotatable bonds is 2. The molecule has 1 aromatic carbocycles. The average Bonchev–Trinajstić information content (AvgIpc) is 2.29. The molecule has 2 aromatic rings. The molecule has 1 N–H and O–H groups in total. The van der Waals surface area contributed by atoms with Crippen LogP contribution in [0.1, 0.15) is 5.69 Å². The third kappa shape index (κ3) is 2.40. The first-order valence-corrected chi connectivity index (χ1v) is 5.06. The maximum absolute atomic E-state index is 13.1. The zero-order chi connectivity index (χ0) is 12.3. The van der Waals surface area contributed by atoms with Gasteiger partial charge in [-0.05, 0) is 23.8 Å². The van der Waals surface area contributed by atoms with Crippen LogP contribution in [0.3, 0.4) is 0 Å². The molecule has 4 heteroatoms. The first-order valence-electron chi connectivity index (χ1n) is 5.06. The van der Waals surface area contributed by atoms with E-state index in [1.807, 2.05) is 6.07 Å². The fourth-order valence-corrected chi connectivity index (χ4v) is 1.66. The number of halogens is 1. The number of nitrogens with one attached hydrogen (secondary N) is 1. The summed E-state index contributed by atoms with van der Waals surface area (Å²) < 4.78 is 13.1. The van der Waals surface area contributed by atoms with E-state index in [4.69, 9.17) is 5.26 Å². The second-order valence-corrected chi connectivity index (χ2v) is 3.56. The Bertz CT molecular complexity index is 640. The van der Waals surface area contributed by atoms with E-state index in [9.17, 15) is 9.18 Å². The van der Waals surface area contributed by atoms with Gasteiger partial charge in [-0.1, -0.05) is 12.1 Å². The number of H-pyrrole nitrogens is 1. The fourth-order valence-electron chi connectivity index (χ4n) is 1.66. The van der Waals surface area contributed by atoms with Crippen molar-refractivity contribution in [3.8, 4) is 17.2 Å². The smallest absolute Gasteiger partial charge is 0.248 e. The first kappa shape index (κ1) is 11.1. The van der Waals surface area contributed by atoms with Crippen molar-refractivity contribution in [1.82, 2.24) is 4.98 Å². The van der Waals surface area contributed by atoms with Gasteiger partial charge in [0.25, 0.3) is 0 Å².